The zero-order valence-corrected chi connectivity index (χ0v) is 17.6. The number of anilines is 2. The van der Waals surface area contributed by atoms with Crippen LogP contribution in [-0.4, -0.2) is 60.9 Å². The summed E-state index contributed by atoms with van der Waals surface area (Å²) in [6.07, 6.45) is 0. The molecule has 0 spiro atoms. The van der Waals surface area contributed by atoms with Gasteiger partial charge in [-0.15, -0.1) is 0 Å². The number of halogens is 1. The Morgan fingerprint density at radius 3 is 1.83 bits per heavy atom. The number of nitrogens with zero attached hydrogens (tertiary/aromatic N) is 2. The van der Waals surface area contributed by atoms with Gasteiger partial charge in [-0.3, -0.25) is 19.4 Å². The Hall–Kier alpha value is -2.41. The molecule has 29 heavy (non-hydrogen) atoms. The molecule has 2 aromatic rings. The van der Waals surface area contributed by atoms with Crippen molar-refractivity contribution in [2.45, 2.75) is 13.8 Å². The van der Waals surface area contributed by atoms with Crippen LogP contribution in [0.4, 0.5) is 11.4 Å². The molecule has 2 N–H and O–H groups in total. The van der Waals surface area contributed by atoms with Gasteiger partial charge in [0.15, 0.2) is 0 Å². The van der Waals surface area contributed by atoms with Crippen LogP contribution in [0.15, 0.2) is 42.5 Å². The van der Waals surface area contributed by atoms with E-state index < -0.39 is 0 Å². The van der Waals surface area contributed by atoms with Crippen molar-refractivity contribution in [2.24, 2.45) is 0 Å². The maximum absolute atomic E-state index is 12.4. The summed E-state index contributed by atoms with van der Waals surface area (Å²) in [5.74, 6) is -0.0510. The van der Waals surface area contributed by atoms with E-state index in [0.717, 1.165) is 48.7 Å². The number of aryl methyl sites for hydroxylation is 2. The molecule has 6 nitrogen and oxygen atoms in total. The summed E-state index contributed by atoms with van der Waals surface area (Å²) in [7, 11) is 0. The van der Waals surface area contributed by atoms with Gasteiger partial charge >= 0.3 is 0 Å². The molecule has 2 aromatic carbocycles. The molecule has 1 aliphatic heterocycles. The van der Waals surface area contributed by atoms with Crippen molar-refractivity contribution in [3.8, 4) is 0 Å². The minimum atomic E-state index is -0.0476. The third kappa shape index (κ3) is 6.29. The van der Waals surface area contributed by atoms with Crippen LogP contribution < -0.4 is 10.6 Å². The van der Waals surface area contributed by atoms with Crippen LogP contribution in [0.5, 0.6) is 0 Å². The standard InChI is InChI=1S/C22H27ClN4O2/c1-16-4-3-5-17(2)22(16)25-21(29)15-27-12-10-26(11-13-27)14-20(28)24-19-8-6-18(23)7-9-19/h3-9H,10-15H2,1-2H3,(H,24,28)(H,25,29). The highest BCUT2D eigenvalue weighted by atomic mass is 35.5. The van der Waals surface area contributed by atoms with Crippen molar-refractivity contribution in [3.05, 3.63) is 58.6 Å². The zero-order valence-electron chi connectivity index (χ0n) is 16.9. The third-order valence-electron chi connectivity index (χ3n) is 5.07. The number of nitrogens with one attached hydrogen (secondary N) is 2. The molecule has 0 bridgehead atoms. The van der Waals surface area contributed by atoms with Crippen LogP contribution in [0.25, 0.3) is 0 Å². The minimum Gasteiger partial charge on any atom is -0.325 e. The minimum absolute atomic E-state index is 0.00340. The van der Waals surface area contributed by atoms with E-state index in [0.29, 0.717) is 18.1 Å². The van der Waals surface area contributed by atoms with Gasteiger partial charge < -0.3 is 10.6 Å². The van der Waals surface area contributed by atoms with E-state index in [1.165, 1.54) is 0 Å². The van der Waals surface area contributed by atoms with E-state index in [4.69, 9.17) is 11.6 Å². The van der Waals surface area contributed by atoms with Gasteiger partial charge in [0.25, 0.3) is 0 Å². The number of rotatable bonds is 6. The van der Waals surface area contributed by atoms with Crippen LogP contribution >= 0.6 is 11.6 Å². The largest absolute Gasteiger partial charge is 0.325 e. The highest BCUT2D eigenvalue weighted by Crippen LogP contribution is 2.19. The van der Waals surface area contributed by atoms with Gasteiger partial charge in [0.1, 0.15) is 0 Å². The molecular weight excluding hydrogens is 388 g/mol. The summed E-state index contributed by atoms with van der Waals surface area (Å²) in [4.78, 5) is 28.9. The number of hydrogen-bond acceptors (Lipinski definition) is 4. The van der Waals surface area contributed by atoms with E-state index in [-0.39, 0.29) is 11.8 Å². The predicted molar refractivity (Wildman–Crippen MR) is 118 cm³/mol. The first-order valence-electron chi connectivity index (χ1n) is 9.77. The molecular formula is C22H27ClN4O2. The zero-order chi connectivity index (χ0) is 20.8. The van der Waals surface area contributed by atoms with E-state index in [9.17, 15) is 9.59 Å². The van der Waals surface area contributed by atoms with Gasteiger partial charge in [0, 0.05) is 42.6 Å². The fourth-order valence-corrected chi connectivity index (χ4v) is 3.56. The van der Waals surface area contributed by atoms with E-state index in [1.54, 1.807) is 24.3 Å². The molecule has 0 radical (unpaired) electrons. The lowest BCUT2D eigenvalue weighted by molar-refractivity contribution is -0.120. The number of carbonyl (C=O) groups is 2. The van der Waals surface area contributed by atoms with E-state index in [2.05, 4.69) is 20.4 Å². The average molecular weight is 415 g/mol. The molecule has 1 saturated heterocycles. The molecule has 0 atom stereocenters. The molecule has 0 saturated carbocycles. The highest BCUT2D eigenvalue weighted by molar-refractivity contribution is 6.30. The lowest BCUT2D eigenvalue weighted by Gasteiger charge is -2.33. The topological polar surface area (TPSA) is 64.7 Å². The summed E-state index contributed by atoms with van der Waals surface area (Å²) in [5.41, 5.74) is 3.76. The molecule has 1 aliphatic rings. The molecule has 0 aliphatic carbocycles. The highest BCUT2D eigenvalue weighted by Gasteiger charge is 2.21. The van der Waals surface area contributed by atoms with Gasteiger partial charge in [0.05, 0.1) is 13.1 Å². The van der Waals surface area contributed by atoms with Crippen molar-refractivity contribution < 1.29 is 9.59 Å². The Bertz CT molecular complexity index is 841. The quantitative estimate of drug-likeness (QED) is 0.762. The lowest BCUT2D eigenvalue weighted by atomic mass is 10.1. The summed E-state index contributed by atoms with van der Waals surface area (Å²) in [5, 5.41) is 6.55. The number of carbonyl (C=O) groups excluding carboxylic acids is 2. The van der Waals surface area contributed by atoms with Gasteiger partial charge in [-0.05, 0) is 49.2 Å². The van der Waals surface area contributed by atoms with Crippen molar-refractivity contribution in [2.75, 3.05) is 49.9 Å². The van der Waals surface area contributed by atoms with Gasteiger partial charge in [0.2, 0.25) is 11.8 Å². The Morgan fingerprint density at radius 2 is 1.31 bits per heavy atom. The number of hydrogen-bond donors (Lipinski definition) is 2. The maximum atomic E-state index is 12.4. The maximum Gasteiger partial charge on any atom is 0.238 e. The molecule has 0 aromatic heterocycles. The summed E-state index contributed by atoms with van der Waals surface area (Å²) in [6, 6.07) is 13.0. The summed E-state index contributed by atoms with van der Waals surface area (Å²) < 4.78 is 0. The van der Waals surface area contributed by atoms with Crippen LogP contribution in [0, 0.1) is 13.8 Å². The van der Waals surface area contributed by atoms with Gasteiger partial charge in [-0.1, -0.05) is 29.8 Å². The number of benzene rings is 2. The molecule has 1 fully saturated rings. The molecule has 1 heterocycles. The van der Waals surface area contributed by atoms with Crippen LogP contribution in [0.1, 0.15) is 11.1 Å². The number of para-hydroxylation sites is 1. The Kier molecular flexibility index (Phi) is 7.25. The SMILES string of the molecule is Cc1cccc(C)c1NC(=O)CN1CCN(CC(=O)Nc2ccc(Cl)cc2)CC1. The van der Waals surface area contributed by atoms with E-state index >= 15 is 0 Å². The Balaban J connectivity index is 1.41. The van der Waals surface area contributed by atoms with Crippen molar-refractivity contribution >= 4 is 34.8 Å². The summed E-state index contributed by atoms with van der Waals surface area (Å²) in [6.45, 7) is 7.72. The summed E-state index contributed by atoms with van der Waals surface area (Å²) >= 11 is 5.86. The Labute approximate surface area is 176 Å². The smallest absolute Gasteiger partial charge is 0.238 e. The van der Waals surface area contributed by atoms with E-state index in [1.807, 2.05) is 32.0 Å². The normalized spacial score (nSPS) is 15.1. The fraction of sp³-hybridized carbons (Fsp3) is 0.364. The van der Waals surface area contributed by atoms with Crippen molar-refractivity contribution in [3.63, 3.8) is 0 Å². The van der Waals surface area contributed by atoms with Crippen molar-refractivity contribution in [1.29, 1.82) is 0 Å². The molecule has 0 unspecified atom stereocenters. The second kappa shape index (κ2) is 9.87. The van der Waals surface area contributed by atoms with Crippen LogP contribution in [-0.2, 0) is 9.59 Å². The van der Waals surface area contributed by atoms with Crippen LogP contribution in [0.3, 0.4) is 0 Å². The van der Waals surface area contributed by atoms with Gasteiger partial charge in [-0.25, -0.2) is 0 Å². The van der Waals surface area contributed by atoms with Gasteiger partial charge in [-0.2, -0.15) is 0 Å². The fourth-order valence-electron chi connectivity index (χ4n) is 3.44. The Morgan fingerprint density at radius 1 is 0.828 bits per heavy atom. The first-order valence-corrected chi connectivity index (χ1v) is 10.1. The second-order valence-electron chi connectivity index (χ2n) is 7.42. The molecule has 7 heteroatoms. The predicted octanol–water partition coefficient (Wildman–Crippen LogP) is 3.15. The third-order valence-corrected chi connectivity index (χ3v) is 5.32. The lowest BCUT2D eigenvalue weighted by Crippen LogP contribution is -2.50. The molecule has 2 amide bonds. The number of amides is 2. The average Bonchev–Trinajstić information content (AvgIpc) is 2.68. The van der Waals surface area contributed by atoms with Crippen LogP contribution in [0.2, 0.25) is 5.02 Å². The molecule has 3 rings (SSSR count). The van der Waals surface area contributed by atoms with Crippen molar-refractivity contribution in [1.82, 2.24) is 9.80 Å². The first-order chi connectivity index (χ1) is 13.9. The molecule has 154 valence electrons. The number of piperazine rings is 1. The first kappa shape index (κ1) is 21.3. The second-order valence-corrected chi connectivity index (χ2v) is 7.86. The monoisotopic (exact) mass is 414 g/mol.